The fourth-order valence-electron chi connectivity index (χ4n) is 5.03. The van der Waals surface area contributed by atoms with Gasteiger partial charge in [0.25, 0.3) is 5.56 Å². The molecule has 2 aliphatic rings. The number of amides is 1. The van der Waals surface area contributed by atoms with Crippen LogP contribution in [0.2, 0.25) is 0 Å². The van der Waals surface area contributed by atoms with Gasteiger partial charge in [0.2, 0.25) is 5.91 Å². The number of benzene rings is 1. The maximum absolute atomic E-state index is 13.5. The molecule has 1 aromatic carbocycles. The molecular formula is C22H29N3O4S. The van der Waals surface area contributed by atoms with Crippen LogP contribution in [0.15, 0.2) is 33.9 Å². The summed E-state index contributed by atoms with van der Waals surface area (Å²) in [7, 11) is 0. The van der Waals surface area contributed by atoms with Gasteiger partial charge in [-0.3, -0.25) is 9.59 Å². The van der Waals surface area contributed by atoms with Crippen molar-refractivity contribution in [2.75, 3.05) is 25.1 Å². The molecule has 1 amide bonds. The van der Waals surface area contributed by atoms with Gasteiger partial charge in [-0.05, 0) is 49.8 Å². The van der Waals surface area contributed by atoms with Crippen molar-refractivity contribution >= 4 is 28.6 Å². The van der Waals surface area contributed by atoms with E-state index in [0.29, 0.717) is 42.6 Å². The molecule has 30 heavy (non-hydrogen) atoms. The number of H-pyrrole nitrogens is 1. The van der Waals surface area contributed by atoms with E-state index < -0.39 is 22.9 Å². The molecule has 2 aromatic rings. The van der Waals surface area contributed by atoms with Gasteiger partial charge < -0.3 is 15.0 Å². The molecule has 2 heterocycles. The highest BCUT2D eigenvalue weighted by atomic mass is 32.2. The second-order valence-electron chi connectivity index (χ2n) is 8.53. The highest BCUT2D eigenvalue weighted by Crippen LogP contribution is 2.40. The van der Waals surface area contributed by atoms with Crippen molar-refractivity contribution in [3.8, 4) is 0 Å². The van der Waals surface area contributed by atoms with Crippen LogP contribution in [0.5, 0.6) is 0 Å². The second kappa shape index (κ2) is 8.59. The molecule has 162 valence electrons. The van der Waals surface area contributed by atoms with Crippen LogP contribution in [0.1, 0.15) is 44.6 Å². The van der Waals surface area contributed by atoms with Crippen molar-refractivity contribution in [1.29, 1.82) is 0 Å². The monoisotopic (exact) mass is 431 g/mol. The summed E-state index contributed by atoms with van der Waals surface area (Å²) in [6, 6.07) is 6.03. The first-order valence-electron chi connectivity index (χ1n) is 10.7. The topological polar surface area (TPSA) is 95.4 Å². The van der Waals surface area contributed by atoms with E-state index in [1.165, 1.54) is 0 Å². The zero-order chi connectivity index (χ0) is 21.3. The number of nitrogens with zero attached hydrogens (tertiary/aromatic N) is 2. The first-order chi connectivity index (χ1) is 14.4. The quantitative estimate of drug-likeness (QED) is 0.756. The van der Waals surface area contributed by atoms with Crippen LogP contribution in [0.4, 0.5) is 0 Å². The Kier molecular flexibility index (Phi) is 6.06. The standard InChI is InChI=1S/C22H29N3O4S/c1-30-13-9-18(25-19(26)16-7-2-3-8-17(16)23-21(25)28)20(27)24-12-11-22(29)10-5-4-6-15(22)14-24/h2-3,7-8,15,18,29H,4-6,9-14H2,1H3,(H,23,28)/t15?,18-,22?/m0/s1. The number of carbonyl (C=O) groups is 1. The molecule has 1 aliphatic carbocycles. The molecule has 1 aliphatic heterocycles. The number of para-hydroxylation sites is 1. The average Bonchev–Trinajstić information content (AvgIpc) is 2.75. The lowest BCUT2D eigenvalue weighted by molar-refractivity contribution is -0.146. The van der Waals surface area contributed by atoms with Gasteiger partial charge in [-0.25, -0.2) is 9.36 Å². The number of aromatic amines is 1. The van der Waals surface area contributed by atoms with Crippen molar-refractivity contribution in [1.82, 2.24) is 14.5 Å². The van der Waals surface area contributed by atoms with Gasteiger partial charge in [0, 0.05) is 19.0 Å². The summed E-state index contributed by atoms with van der Waals surface area (Å²) in [5.74, 6) is 0.535. The number of carbonyl (C=O) groups excluding carboxylic acids is 1. The predicted octanol–water partition coefficient (Wildman–Crippen LogP) is 2.14. The Bertz CT molecular complexity index is 1050. The van der Waals surface area contributed by atoms with Gasteiger partial charge in [0.1, 0.15) is 6.04 Å². The molecule has 0 spiro atoms. The zero-order valence-electron chi connectivity index (χ0n) is 17.3. The zero-order valence-corrected chi connectivity index (χ0v) is 18.1. The van der Waals surface area contributed by atoms with E-state index in [1.807, 2.05) is 6.26 Å². The molecule has 1 aromatic heterocycles. The summed E-state index contributed by atoms with van der Waals surface area (Å²) in [6.45, 7) is 0.952. The number of rotatable bonds is 5. The molecule has 7 nitrogen and oxygen atoms in total. The Morgan fingerprint density at radius 2 is 2.10 bits per heavy atom. The van der Waals surface area contributed by atoms with Gasteiger partial charge in [-0.1, -0.05) is 25.0 Å². The largest absolute Gasteiger partial charge is 0.389 e. The third-order valence-corrected chi connectivity index (χ3v) is 7.41. The van der Waals surface area contributed by atoms with Crippen molar-refractivity contribution in [3.05, 3.63) is 45.1 Å². The molecule has 4 rings (SSSR count). The summed E-state index contributed by atoms with van der Waals surface area (Å²) in [6.07, 6.45) is 6.70. The average molecular weight is 432 g/mol. The summed E-state index contributed by atoms with van der Waals surface area (Å²) in [5, 5.41) is 11.3. The minimum Gasteiger partial charge on any atom is -0.389 e. The van der Waals surface area contributed by atoms with Crippen molar-refractivity contribution in [3.63, 3.8) is 0 Å². The highest BCUT2D eigenvalue weighted by Gasteiger charge is 2.44. The van der Waals surface area contributed by atoms with E-state index in [0.717, 1.165) is 30.3 Å². The number of aromatic nitrogens is 2. The molecule has 2 N–H and O–H groups in total. The number of piperidine rings is 1. The van der Waals surface area contributed by atoms with Crippen LogP contribution in [-0.2, 0) is 4.79 Å². The van der Waals surface area contributed by atoms with Crippen LogP contribution >= 0.6 is 11.8 Å². The van der Waals surface area contributed by atoms with Crippen LogP contribution in [0.25, 0.3) is 10.9 Å². The minimum absolute atomic E-state index is 0.0664. The Morgan fingerprint density at radius 1 is 1.30 bits per heavy atom. The summed E-state index contributed by atoms with van der Waals surface area (Å²) in [4.78, 5) is 44.0. The molecule has 2 unspecified atom stereocenters. The minimum atomic E-state index is -0.840. The Hall–Kier alpha value is -2.06. The molecule has 0 radical (unpaired) electrons. The van der Waals surface area contributed by atoms with Gasteiger partial charge in [0.05, 0.1) is 16.5 Å². The smallest absolute Gasteiger partial charge is 0.329 e. The van der Waals surface area contributed by atoms with E-state index >= 15 is 0 Å². The van der Waals surface area contributed by atoms with Gasteiger partial charge in [0.15, 0.2) is 0 Å². The SMILES string of the molecule is CSCC[C@@H](C(=O)N1CCC2(O)CCCCC2C1)n1c(=O)[nH]c2ccccc2c1=O. The van der Waals surface area contributed by atoms with Gasteiger partial charge in [-0.2, -0.15) is 11.8 Å². The Balaban J connectivity index is 1.68. The molecule has 2 fully saturated rings. The number of nitrogens with one attached hydrogen (secondary N) is 1. The molecule has 1 saturated heterocycles. The summed E-state index contributed by atoms with van der Waals surface area (Å²) in [5.41, 5.74) is -1.18. The van der Waals surface area contributed by atoms with Crippen LogP contribution in [0.3, 0.4) is 0 Å². The number of hydrogen-bond acceptors (Lipinski definition) is 5. The van der Waals surface area contributed by atoms with E-state index in [9.17, 15) is 19.5 Å². The van der Waals surface area contributed by atoms with E-state index in [-0.39, 0.29) is 11.8 Å². The highest BCUT2D eigenvalue weighted by molar-refractivity contribution is 7.98. The second-order valence-corrected chi connectivity index (χ2v) is 9.51. The normalized spacial score (nSPS) is 25.1. The third kappa shape index (κ3) is 3.83. The van der Waals surface area contributed by atoms with E-state index in [1.54, 1.807) is 40.9 Å². The lowest BCUT2D eigenvalue weighted by atomic mass is 9.71. The lowest BCUT2D eigenvalue weighted by Gasteiger charge is -2.48. The van der Waals surface area contributed by atoms with E-state index in [2.05, 4.69) is 4.98 Å². The third-order valence-electron chi connectivity index (χ3n) is 6.77. The maximum atomic E-state index is 13.5. The van der Waals surface area contributed by atoms with Gasteiger partial charge in [-0.15, -0.1) is 0 Å². The van der Waals surface area contributed by atoms with Crippen molar-refractivity contribution in [2.45, 2.75) is 50.2 Å². The maximum Gasteiger partial charge on any atom is 0.329 e. The summed E-state index contributed by atoms with van der Waals surface area (Å²) < 4.78 is 1.10. The molecule has 0 bridgehead atoms. The molecular weight excluding hydrogens is 402 g/mol. The molecule has 1 saturated carbocycles. The molecule has 8 heteroatoms. The number of thioether (sulfide) groups is 1. The Morgan fingerprint density at radius 3 is 2.90 bits per heavy atom. The van der Waals surface area contributed by atoms with Gasteiger partial charge >= 0.3 is 5.69 Å². The first kappa shape index (κ1) is 21.2. The van der Waals surface area contributed by atoms with E-state index in [4.69, 9.17) is 0 Å². The number of aliphatic hydroxyl groups is 1. The molecule has 3 atom stereocenters. The first-order valence-corrected chi connectivity index (χ1v) is 12.1. The lowest BCUT2D eigenvalue weighted by Crippen LogP contribution is -2.56. The summed E-state index contributed by atoms with van der Waals surface area (Å²) >= 11 is 1.58. The predicted molar refractivity (Wildman–Crippen MR) is 119 cm³/mol. The fourth-order valence-corrected chi connectivity index (χ4v) is 5.49. The number of likely N-dealkylation sites (tertiary alicyclic amines) is 1. The van der Waals surface area contributed by atoms with Crippen LogP contribution in [0, 0.1) is 5.92 Å². The fraction of sp³-hybridized carbons (Fsp3) is 0.591. The number of hydrogen-bond donors (Lipinski definition) is 2. The van der Waals surface area contributed by atoms with Crippen LogP contribution in [-0.4, -0.2) is 56.2 Å². The number of fused-ring (bicyclic) bond motifs is 2. The Labute approximate surface area is 179 Å². The van der Waals surface area contributed by atoms with Crippen LogP contribution < -0.4 is 11.2 Å². The van der Waals surface area contributed by atoms with Crippen molar-refractivity contribution < 1.29 is 9.90 Å². The van der Waals surface area contributed by atoms with Crippen molar-refractivity contribution in [2.24, 2.45) is 5.92 Å².